The normalized spacial score (nSPS) is 12.1. The van der Waals surface area contributed by atoms with Gasteiger partial charge in [-0.1, -0.05) is 0 Å². The van der Waals surface area contributed by atoms with Gasteiger partial charge in [0.05, 0.1) is 3.79 Å². The first-order valence-corrected chi connectivity index (χ1v) is 8.81. The van der Waals surface area contributed by atoms with E-state index in [0.717, 1.165) is 15.8 Å². The second kappa shape index (κ2) is 9.02. The zero-order chi connectivity index (χ0) is 15.8. The van der Waals surface area contributed by atoms with Gasteiger partial charge in [0.25, 0.3) is 0 Å². The van der Waals surface area contributed by atoms with Crippen molar-refractivity contribution >= 4 is 33.2 Å². The first-order valence-electron chi connectivity index (χ1n) is 7.20. The number of thiophene rings is 1. The summed E-state index contributed by atoms with van der Waals surface area (Å²) < 4.78 is 1.09. The molecule has 1 atom stereocenters. The van der Waals surface area contributed by atoms with Crippen LogP contribution in [-0.4, -0.2) is 29.1 Å². The van der Waals surface area contributed by atoms with Crippen LogP contribution >= 0.6 is 27.3 Å². The van der Waals surface area contributed by atoms with Crippen LogP contribution in [0.5, 0.6) is 0 Å². The molecule has 1 amide bonds. The van der Waals surface area contributed by atoms with E-state index < -0.39 is 0 Å². The number of hydrogen-bond acceptors (Lipinski definition) is 4. The molecule has 2 heterocycles. The van der Waals surface area contributed by atoms with E-state index in [-0.39, 0.29) is 18.4 Å². The number of amides is 1. The molecule has 2 aromatic heterocycles. The predicted molar refractivity (Wildman–Crippen MR) is 92.0 cm³/mol. The van der Waals surface area contributed by atoms with E-state index in [2.05, 4.69) is 26.2 Å². The number of halogens is 1. The monoisotopic (exact) mass is 382 g/mol. The molecule has 0 aromatic carbocycles. The summed E-state index contributed by atoms with van der Waals surface area (Å²) in [6.07, 6.45) is 5.33. The van der Waals surface area contributed by atoms with Gasteiger partial charge in [-0.15, -0.1) is 11.3 Å². The first kappa shape index (κ1) is 17.1. The SMILES string of the molecule is O=C(CCc1ccc(Br)s1)NCC(CCO)c1ccncc1. The predicted octanol–water partition coefficient (Wildman–Crippen LogP) is 3.12. The molecule has 0 radical (unpaired) electrons. The third-order valence-corrected chi connectivity index (χ3v) is 5.11. The van der Waals surface area contributed by atoms with Crippen molar-refractivity contribution in [3.05, 3.63) is 50.9 Å². The van der Waals surface area contributed by atoms with Crippen LogP contribution in [0.4, 0.5) is 0 Å². The average Bonchev–Trinajstić information content (AvgIpc) is 2.96. The number of pyridine rings is 1. The minimum atomic E-state index is 0.0431. The molecular formula is C16H19BrN2O2S. The molecule has 0 saturated heterocycles. The summed E-state index contributed by atoms with van der Waals surface area (Å²) >= 11 is 5.08. The lowest BCUT2D eigenvalue weighted by Crippen LogP contribution is -2.29. The van der Waals surface area contributed by atoms with Crippen LogP contribution in [0.25, 0.3) is 0 Å². The van der Waals surface area contributed by atoms with Crippen LogP contribution in [0.1, 0.15) is 29.2 Å². The van der Waals surface area contributed by atoms with Crippen molar-refractivity contribution in [2.45, 2.75) is 25.2 Å². The molecule has 0 aliphatic rings. The number of aromatic nitrogens is 1. The molecule has 0 saturated carbocycles. The smallest absolute Gasteiger partial charge is 0.220 e. The number of carbonyl (C=O) groups excluding carboxylic acids is 1. The van der Waals surface area contributed by atoms with Crippen molar-refractivity contribution in [2.24, 2.45) is 0 Å². The van der Waals surface area contributed by atoms with Gasteiger partial charge in [-0.2, -0.15) is 0 Å². The molecular weight excluding hydrogens is 364 g/mol. The standard InChI is InChI=1S/C16H19BrN2O2S/c17-15-3-1-14(22-15)2-4-16(21)19-11-13(7-10-20)12-5-8-18-9-6-12/h1,3,5-6,8-9,13,20H,2,4,7,10-11H2,(H,19,21). The number of nitrogens with one attached hydrogen (secondary N) is 1. The molecule has 118 valence electrons. The number of aliphatic hydroxyl groups is 1. The summed E-state index contributed by atoms with van der Waals surface area (Å²) in [5.41, 5.74) is 1.09. The van der Waals surface area contributed by atoms with Crippen molar-refractivity contribution in [3.8, 4) is 0 Å². The third-order valence-electron chi connectivity index (χ3n) is 3.43. The largest absolute Gasteiger partial charge is 0.396 e. The van der Waals surface area contributed by atoms with Crippen LogP contribution in [0.15, 0.2) is 40.4 Å². The van der Waals surface area contributed by atoms with Gasteiger partial charge in [-0.05, 0) is 58.6 Å². The van der Waals surface area contributed by atoms with E-state index in [4.69, 9.17) is 0 Å². The Labute approximate surface area is 142 Å². The fourth-order valence-corrected chi connectivity index (χ4v) is 3.71. The molecule has 1 unspecified atom stereocenters. The highest BCUT2D eigenvalue weighted by Gasteiger charge is 2.12. The highest BCUT2D eigenvalue weighted by atomic mass is 79.9. The molecule has 0 bridgehead atoms. The number of nitrogens with zero attached hydrogens (tertiary/aromatic N) is 1. The number of rotatable bonds is 8. The van der Waals surface area contributed by atoms with Gasteiger partial charge < -0.3 is 10.4 Å². The summed E-state index contributed by atoms with van der Waals surface area (Å²) in [6, 6.07) is 7.89. The zero-order valence-corrected chi connectivity index (χ0v) is 14.6. The maximum atomic E-state index is 12.0. The van der Waals surface area contributed by atoms with Gasteiger partial charge in [-0.25, -0.2) is 0 Å². The Hall–Kier alpha value is -1.24. The van der Waals surface area contributed by atoms with E-state index in [1.165, 1.54) is 4.88 Å². The highest BCUT2D eigenvalue weighted by molar-refractivity contribution is 9.11. The Morgan fingerprint density at radius 2 is 2.09 bits per heavy atom. The molecule has 2 aromatic rings. The zero-order valence-electron chi connectivity index (χ0n) is 12.2. The lowest BCUT2D eigenvalue weighted by molar-refractivity contribution is -0.121. The van der Waals surface area contributed by atoms with Crippen LogP contribution in [0.3, 0.4) is 0 Å². The minimum absolute atomic E-state index is 0.0431. The molecule has 0 aliphatic carbocycles. The van der Waals surface area contributed by atoms with Crippen molar-refractivity contribution in [1.29, 1.82) is 0 Å². The molecule has 2 N–H and O–H groups in total. The summed E-state index contributed by atoms with van der Waals surface area (Å²) in [5, 5.41) is 12.2. The molecule has 22 heavy (non-hydrogen) atoms. The molecule has 4 nitrogen and oxygen atoms in total. The van der Waals surface area contributed by atoms with Gasteiger partial charge in [0.2, 0.25) is 5.91 Å². The van der Waals surface area contributed by atoms with Gasteiger partial charge in [0.15, 0.2) is 0 Å². The number of carbonyl (C=O) groups is 1. The molecule has 6 heteroatoms. The maximum Gasteiger partial charge on any atom is 0.220 e. The van der Waals surface area contributed by atoms with Crippen LogP contribution in [0, 0.1) is 0 Å². The van der Waals surface area contributed by atoms with Gasteiger partial charge in [0.1, 0.15) is 0 Å². The van der Waals surface area contributed by atoms with Gasteiger partial charge >= 0.3 is 0 Å². The summed E-state index contributed by atoms with van der Waals surface area (Å²) in [6.45, 7) is 0.642. The Morgan fingerprint density at radius 1 is 1.32 bits per heavy atom. The van der Waals surface area contributed by atoms with Crippen molar-refractivity contribution in [2.75, 3.05) is 13.2 Å². The van der Waals surface area contributed by atoms with E-state index in [1.54, 1.807) is 23.7 Å². The van der Waals surface area contributed by atoms with E-state index in [1.807, 2.05) is 24.3 Å². The molecule has 0 spiro atoms. The fourth-order valence-electron chi connectivity index (χ4n) is 2.23. The van der Waals surface area contributed by atoms with Crippen molar-refractivity contribution < 1.29 is 9.90 Å². The van der Waals surface area contributed by atoms with Gasteiger partial charge in [-0.3, -0.25) is 9.78 Å². The molecule has 0 fully saturated rings. The van der Waals surface area contributed by atoms with E-state index in [9.17, 15) is 9.90 Å². The highest BCUT2D eigenvalue weighted by Crippen LogP contribution is 2.23. The Morgan fingerprint density at radius 3 is 2.73 bits per heavy atom. The average molecular weight is 383 g/mol. The fraction of sp³-hybridized carbons (Fsp3) is 0.375. The number of aliphatic hydroxyl groups excluding tert-OH is 1. The maximum absolute atomic E-state index is 12.0. The lowest BCUT2D eigenvalue weighted by atomic mass is 9.97. The van der Waals surface area contributed by atoms with E-state index >= 15 is 0 Å². The first-order chi connectivity index (χ1) is 10.7. The second-order valence-corrected chi connectivity index (χ2v) is 7.55. The van der Waals surface area contributed by atoms with Crippen molar-refractivity contribution in [3.63, 3.8) is 0 Å². The molecule has 2 rings (SSSR count). The Balaban J connectivity index is 1.80. The van der Waals surface area contributed by atoms with Crippen LogP contribution < -0.4 is 5.32 Å². The van der Waals surface area contributed by atoms with Crippen LogP contribution in [0.2, 0.25) is 0 Å². The quantitative estimate of drug-likeness (QED) is 0.736. The Kier molecular flexibility index (Phi) is 7.02. The summed E-state index contributed by atoms with van der Waals surface area (Å²) in [7, 11) is 0. The summed E-state index contributed by atoms with van der Waals surface area (Å²) in [5.74, 6) is 0.161. The topological polar surface area (TPSA) is 62.2 Å². The van der Waals surface area contributed by atoms with Crippen LogP contribution in [-0.2, 0) is 11.2 Å². The van der Waals surface area contributed by atoms with Gasteiger partial charge in [0, 0.05) is 42.8 Å². The molecule has 0 aliphatic heterocycles. The number of hydrogen-bond donors (Lipinski definition) is 2. The lowest BCUT2D eigenvalue weighted by Gasteiger charge is -2.16. The Bertz CT molecular complexity index is 589. The third kappa shape index (κ3) is 5.51. The van der Waals surface area contributed by atoms with E-state index in [0.29, 0.717) is 19.4 Å². The number of aryl methyl sites for hydroxylation is 1. The van der Waals surface area contributed by atoms with Crippen molar-refractivity contribution in [1.82, 2.24) is 10.3 Å². The summed E-state index contributed by atoms with van der Waals surface area (Å²) in [4.78, 5) is 17.2. The minimum Gasteiger partial charge on any atom is -0.396 e. The second-order valence-electron chi connectivity index (χ2n) is 5.00.